The summed E-state index contributed by atoms with van der Waals surface area (Å²) in [6, 6.07) is 4.72. The summed E-state index contributed by atoms with van der Waals surface area (Å²) in [6.45, 7) is 1.51. The number of nitrogens with zero attached hydrogens (tertiary/aromatic N) is 2. The van der Waals surface area contributed by atoms with Crippen molar-refractivity contribution in [1.29, 1.82) is 0 Å². The van der Waals surface area contributed by atoms with E-state index in [2.05, 4.69) is 15.0 Å². The van der Waals surface area contributed by atoms with Gasteiger partial charge < -0.3 is 5.32 Å². The molecule has 0 amide bonds. The normalized spacial score (nSPS) is 14.4. The molecule has 22 heavy (non-hydrogen) atoms. The van der Waals surface area contributed by atoms with Crippen LogP contribution in [0.2, 0.25) is 0 Å². The Morgan fingerprint density at radius 1 is 1.32 bits per heavy atom. The van der Waals surface area contributed by atoms with Gasteiger partial charge in [-0.2, -0.15) is 0 Å². The van der Waals surface area contributed by atoms with Gasteiger partial charge in [-0.25, -0.2) is 13.4 Å². The smallest absolute Gasteiger partial charge is 0.269 e. The lowest BCUT2D eigenvalue weighted by molar-refractivity contribution is -0.384. The van der Waals surface area contributed by atoms with Crippen molar-refractivity contribution >= 4 is 32.2 Å². The molecule has 1 aliphatic rings. The van der Waals surface area contributed by atoms with Gasteiger partial charge in [0.2, 0.25) is 0 Å². The standard InChI is InChI=1S/C12H12N4O4S2/c17-16(18)8-1-3-9(4-2-8)22(19,20)15-12-14-10-5-6-13-7-11(10)21-12/h1-4,13H,5-7H2,(H,14,15). The Hall–Kier alpha value is -2.04. The number of hydrogen-bond acceptors (Lipinski definition) is 7. The predicted molar refractivity (Wildman–Crippen MR) is 81.4 cm³/mol. The van der Waals surface area contributed by atoms with E-state index in [9.17, 15) is 18.5 Å². The van der Waals surface area contributed by atoms with E-state index in [1.165, 1.54) is 23.5 Å². The Morgan fingerprint density at radius 3 is 2.68 bits per heavy atom. The molecule has 0 bridgehead atoms. The van der Waals surface area contributed by atoms with E-state index in [0.29, 0.717) is 11.7 Å². The molecule has 2 aromatic rings. The van der Waals surface area contributed by atoms with E-state index in [0.717, 1.165) is 35.7 Å². The number of nitro benzene ring substituents is 1. The number of thiazole rings is 1. The van der Waals surface area contributed by atoms with E-state index in [1.807, 2.05) is 0 Å². The van der Waals surface area contributed by atoms with Crippen LogP contribution in [0.3, 0.4) is 0 Å². The third-order valence-electron chi connectivity index (χ3n) is 3.18. The number of benzene rings is 1. The van der Waals surface area contributed by atoms with Crippen LogP contribution in [0.25, 0.3) is 0 Å². The van der Waals surface area contributed by atoms with E-state index in [4.69, 9.17) is 0 Å². The minimum absolute atomic E-state index is 0.0376. The van der Waals surface area contributed by atoms with Crippen LogP contribution in [0.4, 0.5) is 10.8 Å². The highest BCUT2D eigenvalue weighted by Crippen LogP contribution is 2.27. The number of sulfonamides is 1. The summed E-state index contributed by atoms with van der Waals surface area (Å²) >= 11 is 1.29. The molecule has 0 fully saturated rings. The summed E-state index contributed by atoms with van der Waals surface area (Å²) in [5.74, 6) is 0. The molecule has 0 spiro atoms. The zero-order chi connectivity index (χ0) is 15.7. The number of hydrogen-bond donors (Lipinski definition) is 2. The largest absolute Gasteiger partial charge is 0.311 e. The molecule has 116 valence electrons. The van der Waals surface area contributed by atoms with Crippen molar-refractivity contribution in [3.05, 3.63) is 45.0 Å². The van der Waals surface area contributed by atoms with Crippen LogP contribution in [0.5, 0.6) is 0 Å². The minimum atomic E-state index is -3.80. The summed E-state index contributed by atoms with van der Waals surface area (Å²) in [6.07, 6.45) is 0.769. The molecule has 2 heterocycles. The molecule has 0 unspecified atom stereocenters. The fourth-order valence-corrected chi connectivity index (χ4v) is 4.30. The molecular formula is C12H12N4O4S2. The zero-order valence-electron chi connectivity index (χ0n) is 11.3. The van der Waals surface area contributed by atoms with Crippen LogP contribution in [0.1, 0.15) is 10.6 Å². The highest BCUT2D eigenvalue weighted by atomic mass is 32.2. The Kier molecular flexibility index (Phi) is 3.81. The lowest BCUT2D eigenvalue weighted by Crippen LogP contribution is -2.22. The third-order valence-corrected chi connectivity index (χ3v) is 5.68. The summed E-state index contributed by atoms with van der Waals surface area (Å²) in [5.41, 5.74) is 0.750. The lowest BCUT2D eigenvalue weighted by Gasteiger charge is -2.09. The van der Waals surface area contributed by atoms with Crippen LogP contribution in [-0.4, -0.2) is 24.9 Å². The molecule has 10 heteroatoms. The van der Waals surface area contributed by atoms with Gasteiger partial charge >= 0.3 is 0 Å². The topological polar surface area (TPSA) is 114 Å². The van der Waals surface area contributed by atoms with E-state index in [1.54, 1.807) is 0 Å². The average molecular weight is 340 g/mol. The molecule has 8 nitrogen and oxygen atoms in total. The van der Waals surface area contributed by atoms with Gasteiger partial charge in [0.15, 0.2) is 5.13 Å². The van der Waals surface area contributed by atoms with Crippen LogP contribution in [-0.2, 0) is 23.0 Å². The quantitative estimate of drug-likeness (QED) is 0.644. The number of non-ortho nitro benzene ring substituents is 1. The maximum Gasteiger partial charge on any atom is 0.269 e. The van der Waals surface area contributed by atoms with Crippen molar-refractivity contribution in [3.63, 3.8) is 0 Å². The first-order valence-electron chi connectivity index (χ1n) is 6.42. The SMILES string of the molecule is O=[N+]([O-])c1ccc(S(=O)(=O)Nc2nc3c(s2)CNCC3)cc1. The molecule has 2 N–H and O–H groups in total. The van der Waals surface area contributed by atoms with Gasteiger partial charge in [0.05, 0.1) is 15.5 Å². The van der Waals surface area contributed by atoms with Crippen molar-refractivity contribution in [2.75, 3.05) is 11.3 Å². The summed E-state index contributed by atoms with van der Waals surface area (Å²) in [5, 5.41) is 14.1. The van der Waals surface area contributed by atoms with Crippen LogP contribution < -0.4 is 10.0 Å². The Morgan fingerprint density at radius 2 is 2.05 bits per heavy atom. The van der Waals surface area contributed by atoms with Crippen molar-refractivity contribution < 1.29 is 13.3 Å². The van der Waals surface area contributed by atoms with Gasteiger partial charge in [-0.1, -0.05) is 11.3 Å². The molecule has 0 radical (unpaired) electrons. The first kappa shape index (κ1) is 14.9. The maximum absolute atomic E-state index is 12.3. The molecule has 1 aromatic carbocycles. The average Bonchev–Trinajstić information content (AvgIpc) is 2.88. The van der Waals surface area contributed by atoms with Gasteiger partial charge in [0.1, 0.15) is 0 Å². The van der Waals surface area contributed by atoms with E-state index < -0.39 is 14.9 Å². The predicted octanol–water partition coefficient (Wildman–Crippen LogP) is 1.50. The van der Waals surface area contributed by atoms with Crippen molar-refractivity contribution in [2.24, 2.45) is 0 Å². The zero-order valence-corrected chi connectivity index (χ0v) is 12.9. The molecule has 1 aliphatic heterocycles. The van der Waals surface area contributed by atoms with Crippen LogP contribution >= 0.6 is 11.3 Å². The Labute approximate surface area is 130 Å². The summed E-state index contributed by atoms with van der Waals surface area (Å²) < 4.78 is 27.0. The molecule has 0 aliphatic carbocycles. The molecular weight excluding hydrogens is 328 g/mol. The first-order valence-corrected chi connectivity index (χ1v) is 8.72. The number of rotatable bonds is 4. The summed E-state index contributed by atoms with van der Waals surface area (Å²) in [7, 11) is -3.80. The fourth-order valence-electron chi connectivity index (χ4n) is 2.09. The molecule has 3 rings (SSSR count). The maximum atomic E-state index is 12.3. The number of nitrogens with one attached hydrogen (secondary N) is 2. The van der Waals surface area contributed by atoms with E-state index >= 15 is 0 Å². The second-order valence-corrected chi connectivity index (χ2v) is 7.44. The van der Waals surface area contributed by atoms with E-state index in [-0.39, 0.29) is 10.6 Å². The molecule has 0 atom stereocenters. The Bertz CT molecular complexity index is 791. The second kappa shape index (κ2) is 5.63. The highest BCUT2D eigenvalue weighted by Gasteiger charge is 2.20. The van der Waals surface area contributed by atoms with Crippen molar-refractivity contribution in [2.45, 2.75) is 17.9 Å². The number of nitro groups is 1. The molecule has 1 aromatic heterocycles. The number of anilines is 1. The minimum Gasteiger partial charge on any atom is -0.311 e. The highest BCUT2D eigenvalue weighted by molar-refractivity contribution is 7.93. The van der Waals surface area contributed by atoms with Crippen LogP contribution in [0.15, 0.2) is 29.2 Å². The monoisotopic (exact) mass is 340 g/mol. The second-order valence-electron chi connectivity index (χ2n) is 4.67. The van der Waals surface area contributed by atoms with Crippen molar-refractivity contribution in [3.8, 4) is 0 Å². The van der Waals surface area contributed by atoms with Gasteiger partial charge in [-0.3, -0.25) is 14.8 Å². The number of aromatic nitrogens is 1. The van der Waals surface area contributed by atoms with Crippen LogP contribution in [0, 0.1) is 10.1 Å². The fraction of sp³-hybridized carbons (Fsp3) is 0.250. The van der Waals surface area contributed by atoms with Gasteiger partial charge in [-0.15, -0.1) is 0 Å². The van der Waals surface area contributed by atoms with Gasteiger partial charge in [-0.05, 0) is 12.1 Å². The number of fused-ring (bicyclic) bond motifs is 1. The van der Waals surface area contributed by atoms with Gasteiger partial charge in [0, 0.05) is 36.5 Å². The lowest BCUT2D eigenvalue weighted by atomic mass is 10.2. The molecule has 0 saturated heterocycles. The first-order chi connectivity index (χ1) is 10.5. The molecule has 0 saturated carbocycles. The van der Waals surface area contributed by atoms with Crippen molar-refractivity contribution in [1.82, 2.24) is 10.3 Å². The van der Waals surface area contributed by atoms with Gasteiger partial charge in [0.25, 0.3) is 15.7 Å². The Balaban J connectivity index is 1.83. The summed E-state index contributed by atoms with van der Waals surface area (Å²) in [4.78, 5) is 15.3. The third kappa shape index (κ3) is 2.93.